The Morgan fingerprint density at radius 3 is 2.77 bits per heavy atom. The van der Waals surface area contributed by atoms with Gasteiger partial charge in [0.1, 0.15) is 0 Å². The zero-order chi connectivity index (χ0) is 15.2. The maximum atomic E-state index is 4.17. The lowest BCUT2D eigenvalue weighted by molar-refractivity contribution is 0.354. The summed E-state index contributed by atoms with van der Waals surface area (Å²) in [5, 5.41) is 1.33. The molecule has 2 aromatic heterocycles. The average molecular weight is 295 g/mol. The van der Waals surface area contributed by atoms with E-state index in [1.165, 1.54) is 36.6 Å². The Hall–Kier alpha value is -2.03. The van der Waals surface area contributed by atoms with Crippen molar-refractivity contribution in [1.82, 2.24) is 14.1 Å². The first-order valence-corrected chi connectivity index (χ1v) is 8.36. The average Bonchev–Trinajstić information content (AvgIpc) is 3.18. The maximum absolute atomic E-state index is 4.17. The van der Waals surface area contributed by atoms with Crippen molar-refractivity contribution < 1.29 is 0 Å². The number of para-hydroxylation sites is 1. The summed E-state index contributed by atoms with van der Waals surface area (Å²) in [5.41, 5.74) is 1.34. The van der Waals surface area contributed by atoms with E-state index in [-0.39, 0.29) is 0 Å². The maximum Gasteiger partial charge on any atom is 0.0946 e. The lowest BCUT2D eigenvalue weighted by Gasteiger charge is -2.19. The van der Waals surface area contributed by atoms with Gasteiger partial charge in [0, 0.05) is 37.2 Å². The van der Waals surface area contributed by atoms with E-state index < -0.39 is 0 Å². The second-order valence-electron chi connectivity index (χ2n) is 6.15. The Bertz CT molecular complexity index is 682. The molecule has 0 spiro atoms. The molecule has 0 aliphatic rings. The van der Waals surface area contributed by atoms with E-state index in [0.717, 1.165) is 13.1 Å². The summed E-state index contributed by atoms with van der Waals surface area (Å²) >= 11 is 0. The van der Waals surface area contributed by atoms with Crippen LogP contribution in [0.1, 0.15) is 32.6 Å². The number of nitrogens with zero attached hydrogens (tertiary/aromatic N) is 3. The van der Waals surface area contributed by atoms with Crippen LogP contribution in [-0.4, -0.2) is 14.1 Å². The van der Waals surface area contributed by atoms with Crippen molar-refractivity contribution in [3.8, 4) is 0 Å². The molecule has 3 aromatic rings. The number of rotatable bonds is 8. The van der Waals surface area contributed by atoms with Crippen LogP contribution in [0, 0.1) is 5.92 Å². The minimum Gasteiger partial charge on any atom is -0.347 e. The van der Waals surface area contributed by atoms with Gasteiger partial charge in [-0.2, -0.15) is 0 Å². The van der Waals surface area contributed by atoms with Gasteiger partial charge in [0.25, 0.3) is 0 Å². The highest BCUT2D eigenvalue weighted by Crippen LogP contribution is 2.20. The zero-order valence-corrected chi connectivity index (χ0v) is 13.4. The number of aromatic nitrogens is 3. The highest BCUT2D eigenvalue weighted by molar-refractivity contribution is 5.79. The van der Waals surface area contributed by atoms with Crippen LogP contribution in [0.25, 0.3) is 10.9 Å². The van der Waals surface area contributed by atoms with Gasteiger partial charge in [-0.1, -0.05) is 44.4 Å². The monoisotopic (exact) mass is 295 g/mol. The summed E-state index contributed by atoms with van der Waals surface area (Å²) in [6, 6.07) is 10.9. The molecule has 0 aliphatic heterocycles. The van der Waals surface area contributed by atoms with Crippen molar-refractivity contribution in [2.45, 2.75) is 45.7 Å². The van der Waals surface area contributed by atoms with E-state index in [1.54, 1.807) is 0 Å². The van der Waals surface area contributed by atoms with Crippen LogP contribution in [0.15, 0.2) is 55.2 Å². The largest absolute Gasteiger partial charge is 0.347 e. The number of unbranched alkanes of at least 4 members (excludes halogenated alkanes) is 2. The quantitative estimate of drug-likeness (QED) is 0.551. The predicted octanol–water partition coefficient (Wildman–Crippen LogP) is 4.73. The topological polar surface area (TPSA) is 22.8 Å². The van der Waals surface area contributed by atoms with Crippen molar-refractivity contribution in [3.05, 3.63) is 55.2 Å². The Morgan fingerprint density at radius 1 is 1.05 bits per heavy atom. The SMILES string of the molecule is CCCCCC(Cn1ccnc1)Cn1ccc2ccccc21. The standard InChI is InChI=1S/C19H25N3/c1-2-3-4-7-17(14-21-13-11-20-16-21)15-22-12-10-18-8-5-6-9-19(18)22/h5-6,8-13,16-17H,2-4,7,14-15H2,1H3. The molecular formula is C19H25N3. The van der Waals surface area contributed by atoms with Gasteiger partial charge in [0.2, 0.25) is 0 Å². The Labute approximate surface area is 132 Å². The van der Waals surface area contributed by atoms with Crippen LogP contribution in [0.4, 0.5) is 0 Å². The summed E-state index contributed by atoms with van der Waals surface area (Å²) < 4.78 is 4.62. The molecule has 0 N–H and O–H groups in total. The summed E-state index contributed by atoms with van der Waals surface area (Å²) in [4.78, 5) is 4.17. The van der Waals surface area contributed by atoms with Crippen molar-refractivity contribution in [1.29, 1.82) is 0 Å². The van der Waals surface area contributed by atoms with Crippen LogP contribution < -0.4 is 0 Å². The van der Waals surface area contributed by atoms with E-state index >= 15 is 0 Å². The van der Waals surface area contributed by atoms with Crippen LogP contribution >= 0.6 is 0 Å². The highest BCUT2D eigenvalue weighted by atomic mass is 15.0. The number of hydrogen-bond acceptors (Lipinski definition) is 1. The molecule has 116 valence electrons. The number of fused-ring (bicyclic) bond motifs is 1. The van der Waals surface area contributed by atoms with Gasteiger partial charge >= 0.3 is 0 Å². The molecule has 0 fully saturated rings. The molecule has 1 unspecified atom stereocenters. The number of benzene rings is 1. The lowest BCUT2D eigenvalue weighted by Crippen LogP contribution is -2.16. The molecule has 0 aliphatic carbocycles. The molecule has 3 heteroatoms. The highest BCUT2D eigenvalue weighted by Gasteiger charge is 2.12. The minimum absolute atomic E-state index is 0.650. The summed E-state index contributed by atoms with van der Waals surface area (Å²) in [6.45, 7) is 4.40. The first-order chi connectivity index (χ1) is 10.9. The van der Waals surface area contributed by atoms with Crippen molar-refractivity contribution >= 4 is 10.9 Å². The zero-order valence-electron chi connectivity index (χ0n) is 13.4. The molecule has 3 rings (SSSR count). The summed E-state index contributed by atoms with van der Waals surface area (Å²) in [5.74, 6) is 0.650. The van der Waals surface area contributed by atoms with E-state index in [2.05, 4.69) is 63.8 Å². The van der Waals surface area contributed by atoms with Gasteiger partial charge < -0.3 is 9.13 Å². The molecule has 0 saturated carbocycles. The predicted molar refractivity (Wildman–Crippen MR) is 91.8 cm³/mol. The Kier molecular flexibility index (Phi) is 4.94. The fraction of sp³-hybridized carbons (Fsp3) is 0.421. The van der Waals surface area contributed by atoms with Gasteiger partial charge in [-0.3, -0.25) is 0 Å². The Balaban J connectivity index is 1.73. The van der Waals surface area contributed by atoms with E-state index in [1.807, 2.05) is 12.5 Å². The molecule has 2 heterocycles. The van der Waals surface area contributed by atoms with Gasteiger partial charge in [0.05, 0.1) is 6.33 Å². The smallest absolute Gasteiger partial charge is 0.0946 e. The molecule has 0 saturated heterocycles. The molecule has 0 radical (unpaired) electrons. The fourth-order valence-corrected chi connectivity index (χ4v) is 3.19. The second kappa shape index (κ2) is 7.30. The van der Waals surface area contributed by atoms with Gasteiger partial charge in [-0.15, -0.1) is 0 Å². The van der Waals surface area contributed by atoms with E-state index in [0.29, 0.717) is 5.92 Å². The number of hydrogen-bond donors (Lipinski definition) is 0. The number of imidazole rings is 1. The van der Waals surface area contributed by atoms with Gasteiger partial charge in [0.15, 0.2) is 0 Å². The van der Waals surface area contributed by atoms with Crippen LogP contribution in [0.2, 0.25) is 0 Å². The van der Waals surface area contributed by atoms with Crippen molar-refractivity contribution in [2.75, 3.05) is 0 Å². The fourth-order valence-electron chi connectivity index (χ4n) is 3.19. The van der Waals surface area contributed by atoms with Crippen LogP contribution in [0.3, 0.4) is 0 Å². The molecule has 22 heavy (non-hydrogen) atoms. The molecule has 1 atom stereocenters. The second-order valence-corrected chi connectivity index (χ2v) is 6.15. The molecule has 3 nitrogen and oxygen atoms in total. The van der Waals surface area contributed by atoms with Gasteiger partial charge in [-0.25, -0.2) is 4.98 Å². The van der Waals surface area contributed by atoms with E-state index in [4.69, 9.17) is 0 Å². The molecule has 0 bridgehead atoms. The van der Waals surface area contributed by atoms with E-state index in [9.17, 15) is 0 Å². The van der Waals surface area contributed by atoms with Crippen molar-refractivity contribution in [3.63, 3.8) is 0 Å². The third-order valence-corrected chi connectivity index (χ3v) is 4.38. The minimum atomic E-state index is 0.650. The Morgan fingerprint density at radius 2 is 1.95 bits per heavy atom. The lowest BCUT2D eigenvalue weighted by atomic mass is 10.0. The molecular weight excluding hydrogens is 270 g/mol. The first kappa shape index (κ1) is 14.9. The van der Waals surface area contributed by atoms with Gasteiger partial charge in [-0.05, 0) is 29.9 Å². The van der Waals surface area contributed by atoms with Crippen LogP contribution in [0.5, 0.6) is 0 Å². The van der Waals surface area contributed by atoms with Crippen LogP contribution in [-0.2, 0) is 13.1 Å². The summed E-state index contributed by atoms with van der Waals surface area (Å²) in [7, 11) is 0. The van der Waals surface area contributed by atoms with Crippen molar-refractivity contribution in [2.24, 2.45) is 5.92 Å². The normalized spacial score (nSPS) is 12.8. The third-order valence-electron chi connectivity index (χ3n) is 4.38. The third kappa shape index (κ3) is 3.59. The molecule has 0 amide bonds. The first-order valence-electron chi connectivity index (χ1n) is 8.36. The molecule has 1 aromatic carbocycles. The summed E-state index contributed by atoms with van der Waals surface area (Å²) in [6.07, 6.45) is 13.3.